The van der Waals surface area contributed by atoms with Crippen molar-refractivity contribution in [1.29, 1.82) is 0 Å². The summed E-state index contributed by atoms with van der Waals surface area (Å²) in [6.07, 6.45) is 0. The van der Waals surface area contributed by atoms with E-state index in [-0.39, 0.29) is 11.9 Å². The third-order valence-electron chi connectivity index (χ3n) is 3.07. The zero-order chi connectivity index (χ0) is 15.7. The SMILES string of the molecule is CCN(CC)CCNC(=O)Nc1ccc(NC(C)=O)cc1. The first-order chi connectivity index (χ1) is 10.0. The first-order valence-electron chi connectivity index (χ1n) is 7.20. The molecule has 0 radical (unpaired) electrons. The molecule has 1 rings (SSSR count). The Morgan fingerprint density at radius 3 is 2.00 bits per heavy atom. The molecule has 0 unspecified atom stereocenters. The first-order valence-corrected chi connectivity index (χ1v) is 7.20. The van der Waals surface area contributed by atoms with Crippen molar-refractivity contribution >= 4 is 23.3 Å². The highest BCUT2D eigenvalue weighted by Crippen LogP contribution is 2.13. The number of carbonyl (C=O) groups is 2. The second kappa shape index (κ2) is 8.97. The Kier molecular flexibility index (Phi) is 7.25. The van der Waals surface area contributed by atoms with Crippen molar-refractivity contribution in [1.82, 2.24) is 10.2 Å². The van der Waals surface area contributed by atoms with Crippen molar-refractivity contribution in [2.45, 2.75) is 20.8 Å². The standard InChI is InChI=1S/C15H24N4O2/c1-4-19(5-2)11-10-16-15(21)18-14-8-6-13(7-9-14)17-12(3)20/h6-9H,4-5,10-11H2,1-3H3,(H,17,20)(H2,16,18,21). The minimum absolute atomic E-state index is 0.121. The van der Waals surface area contributed by atoms with Crippen LogP contribution in [0.15, 0.2) is 24.3 Å². The van der Waals surface area contributed by atoms with E-state index in [0.29, 0.717) is 17.9 Å². The van der Waals surface area contributed by atoms with Gasteiger partial charge in [0.25, 0.3) is 0 Å². The average molecular weight is 292 g/mol. The molecule has 1 aromatic rings. The molecule has 0 atom stereocenters. The number of amides is 3. The van der Waals surface area contributed by atoms with Crippen LogP contribution in [0, 0.1) is 0 Å². The largest absolute Gasteiger partial charge is 0.337 e. The van der Waals surface area contributed by atoms with Crippen molar-refractivity contribution in [3.05, 3.63) is 24.3 Å². The van der Waals surface area contributed by atoms with Crippen LogP contribution in [-0.4, -0.2) is 43.0 Å². The maximum atomic E-state index is 11.7. The Hall–Kier alpha value is -2.08. The number of benzene rings is 1. The van der Waals surface area contributed by atoms with Crippen LogP contribution < -0.4 is 16.0 Å². The first kappa shape index (κ1) is 17.0. The number of hydrogen-bond donors (Lipinski definition) is 3. The van der Waals surface area contributed by atoms with Crippen LogP contribution in [0.3, 0.4) is 0 Å². The van der Waals surface area contributed by atoms with Gasteiger partial charge in [-0.25, -0.2) is 4.79 Å². The van der Waals surface area contributed by atoms with Gasteiger partial charge in [-0.1, -0.05) is 13.8 Å². The summed E-state index contributed by atoms with van der Waals surface area (Å²) in [7, 11) is 0. The second-order valence-electron chi connectivity index (χ2n) is 4.67. The van der Waals surface area contributed by atoms with Gasteiger partial charge < -0.3 is 20.9 Å². The number of rotatable bonds is 7. The second-order valence-corrected chi connectivity index (χ2v) is 4.67. The summed E-state index contributed by atoms with van der Waals surface area (Å²) in [6, 6.07) is 6.75. The topological polar surface area (TPSA) is 73.5 Å². The lowest BCUT2D eigenvalue weighted by atomic mass is 10.3. The van der Waals surface area contributed by atoms with Crippen LogP contribution in [0.4, 0.5) is 16.2 Å². The van der Waals surface area contributed by atoms with Gasteiger partial charge in [0, 0.05) is 31.4 Å². The van der Waals surface area contributed by atoms with Crippen LogP contribution in [0.25, 0.3) is 0 Å². The molecule has 21 heavy (non-hydrogen) atoms. The summed E-state index contributed by atoms with van der Waals surface area (Å²) in [5.41, 5.74) is 1.39. The molecule has 0 bridgehead atoms. The molecule has 3 amide bonds. The van der Waals surface area contributed by atoms with E-state index in [4.69, 9.17) is 0 Å². The molecule has 6 nitrogen and oxygen atoms in total. The summed E-state index contributed by atoms with van der Waals surface area (Å²) in [4.78, 5) is 24.9. The normalized spacial score (nSPS) is 10.3. The van der Waals surface area contributed by atoms with E-state index in [1.807, 2.05) is 0 Å². The Morgan fingerprint density at radius 2 is 1.52 bits per heavy atom. The van der Waals surface area contributed by atoms with Crippen LogP contribution in [0.1, 0.15) is 20.8 Å². The Labute approximate surface area is 125 Å². The number of hydrogen-bond acceptors (Lipinski definition) is 3. The van der Waals surface area contributed by atoms with Crippen LogP contribution >= 0.6 is 0 Å². The van der Waals surface area contributed by atoms with Gasteiger partial charge in [0.15, 0.2) is 0 Å². The van der Waals surface area contributed by atoms with Gasteiger partial charge in [-0.2, -0.15) is 0 Å². The Bertz CT molecular complexity index is 455. The van der Waals surface area contributed by atoms with E-state index in [1.54, 1.807) is 24.3 Å². The number of carbonyl (C=O) groups excluding carboxylic acids is 2. The minimum atomic E-state index is -0.227. The van der Waals surface area contributed by atoms with Gasteiger partial charge in [0.1, 0.15) is 0 Å². The highest BCUT2D eigenvalue weighted by atomic mass is 16.2. The molecule has 0 heterocycles. The number of likely N-dealkylation sites (N-methyl/N-ethyl adjacent to an activating group) is 1. The lowest BCUT2D eigenvalue weighted by Crippen LogP contribution is -2.36. The van der Waals surface area contributed by atoms with E-state index >= 15 is 0 Å². The fourth-order valence-electron chi connectivity index (χ4n) is 1.88. The van der Waals surface area contributed by atoms with Crippen molar-refractivity contribution in [3.63, 3.8) is 0 Å². The van der Waals surface area contributed by atoms with E-state index in [9.17, 15) is 9.59 Å². The molecule has 0 fully saturated rings. The van der Waals surface area contributed by atoms with Crippen LogP contribution in [0.5, 0.6) is 0 Å². The van der Waals surface area contributed by atoms with Crippen LogP contribution in [-0.2, 0) is 4.79 Å². The van der Waals surface area contributed by atoms with Crippen molar-refractivity contribution in [3.8, 4) is 0 Å². The molecule has 0 aliphatic carbocycles. The highest BCUT2D eigenvalue weighted by molar-refractivity contribution is 5.91. The predicted molar refractivity (Wildman–Crippen MR) is 85.6 cm³/mol. The fraction of sp³-hybridized carbons (Fsp3) is 0.467. The number of nitrogens with zero attached hydrogens (tertiary/aromatic N) is 1. The van der Waals surface area contributed by atoms with Crippen molar-refractivity contribution in [2.75, 3.05) is 36.8 Å². The van der Waals surface area contributed by atoms with E-state index < -0.39 is 0 Å². The van der Waals surface area contributed by atoms with Gasteiger partial charge in [-0.15, -0.1) is 0 Å². The third-order valence-corrected chi connectivity index (χ3v) is 3.07. The molecule has 6 heteroatoms. The van der Waals surface area contributed by atoms with Gasteiger partial charge in [-0.3, -0.25) is 4.79 Å². The summed E-state index contributed by atoms with van der Waals surface area (Å²) >= 11 is 0. The number of anilines is 2. The van der Waals surface area contributed by atoms with Crippen molar-refractivity contribution in [2.24, 2.45) is 0 Å². The lowest BCUT2D eigenvalue weighted by molar-refractivity contribution is -0.114. The molecule has 0 spiro atoms. The third kappa shape index (κ3) is 6.76. The smallest absolute Gasteiger partial charge is 0.319 e. The number of nitrogens with one attached hydrogen (secondary N) is 3. The van der Waals surface area contributed by atoms with E-state index in [2.05, 4.69) is 34.7 Å². The van der Waals surface area contributed by atoms with Crippen molar-refractivity contribution < 1.29 is 9.59 Å². The van der Waals surface area contributed by atoms with Gasteiger partial charge in [0.2, 0.25) is 5.91 Å². The maximum Gasteiger partial charge on any atom is 0.319 e. The maximum absolute atomic E-state index is 11.7. The molecule has 0 saturated heterocycles. The molecule has 3 N–H and O–H groups in total. The highest BCUT2D eigenvalue weighted by Gasteiger charge is 2.03. The summed E-state index contributed by atoms with van der Waals surface area (Å²) in [6.45, 7) is 9.05. The lowest BCUT2D eigenvalue weighted by Gasteiger charge is -2.18. The molecule has 0 aliphatic rings. The van der Waals surface area contributed by atoms with Gasteiger partial charge in [0.05, 0.1) is 0 Å². The van der Waals surface area contributed by atoms with E-state index in [1.165, 1.54) is 6.92 Å². The molecular formula is C15H24N4O2. The zero-order valence-electron chi connectivity index (χ0n) is 12.9. The monoisotopic (exact) mass is 292 g/mol. The van der Waals surface area contributed by atoms with Gasteiger partial charge >= 0.3 is 6.03 Å². The summed E-state index contributed by atoms with van der Waals surface area (Å²) < 4.78 is 0. The molecule has 116 valence electrons. The van der Waals surface area contributed by atoms with Gasteiger partial charge in [-0.05, 0) is 37.4 Å². The quantitative estimate of drug-likeness (QED) is 0.720. The molecule has 1 aromatic carbocycles. The Morgan fingerprint density at radius 1 is 1.00 bits per heavy atom. The fourth-order valence-corrected chi connectivity index (χ4v) is 1.88. The molecule has 0 aromatic heterocycles. The zero-order valence-corrected chi connectivity index (χ0v) is 12.9. The predicted octanol–water partition coefficient (Wildman–Crippen LogP) is 2.11. The summed E-state index contributed by atoms with van der Waals surface area (Å²) in [5, 5.41) is 8.24. The van der Waals surface area contributed by atoms with E-state index in [0.717, 1.165) is 19.6 Å². The van der Waals surface area contributed by atoms with Crippen LogP contribution in [0.2, 0.25) is 0 Å². The number of urea groups is 1. The molecule has 0 aliphatic heterocycles. The molecular weight excluding hydrogens is 268 g/mol. The molecule has 0 saturated carbocycles. The Balaban J connectivity index is 2.35. The summed E-state index contributed by atoms with van der Waals surface area (Å²) in [5.74, 6) is -0.121. The average Bonchev–Trinajstić information content (AvgIpc) is 2.45. The minimum Gasteiger partial charge on any atom is -0.337 e.